The van der Waals surface area contributed by atoms with E-state index in [1.807, 2.05) is 42.5 Å². The molecule has 6 heteroatoms. The topological polar surface area (TPSA) is 77.2 Å². The molecular weight excluding hydrogens is 318 g/mol. The van der Waals surface area contributed by atoms with Crippen molar-refractivity contribution in [3.8, 4) is 5.75 Å². The van der Waals surface area contributed by atoms with Crippen molar-refractivity contribution in [3.05, 3.63) is 78.4 Å². The Balaban J connectivity index is 2.15. The number of hydrogen-bond donors (Lipinski definition) is 1. The number of hydrogen-bond acceptors (Lipinski definition) is 4. The minimum atomic E-state index is -1.23. The quantitative estimate of drug-likeness (QED) is 0.717. The molecule has 128 valence electrons. The number of benzene rings is 2. The fourth-order valence-corrected chi connectivity index (χ4v) is 3.07. The largest absolute Gasteiger partial charge is 0.496 e. The average Bonchev–Trinajstić information content (AvgIpc) is 3.14. The Morgan fingerprint density at radius 2 is 1.88 bits per heavy atom. The van der Waals surface area contributed by atoms with Gasteiger partial charge in [0, 0.05) is 5.56 Å². The highest BCUT2D eigenvalue weighted by atomic mass is 16.5. The predicted octanol–water partition coefficient (Wildman–Crippen LogP) is 2.55. The molecule has 6 nitrogen and oxygen atoms in total. The van der Waals surface area contributed by atoms with Crippen LogP contribution in [0.4, 0.5) is 0 Å². The Morgan fingerprint density at radius 1 is 1.16 bits per heavy atom. The van der Waals surface area contributed by atoms with Crippen LogP contribution in [0.15, 0.2) is 67.3 Å². The third-order valence-corrected chi connectivity index (χ3v) is 4.28. The summed E-state index contributed by atoms with van der Waals surface area (Å²) in [6, 6.07) is 16.8. The Labute approximate surface area is 145 Å². The molecular formula is C19H19N3O3. The summed E-state index contributed by atoms with van der Waals surface area (Å²) in [5.74, 6) is -0.391. The molecule has 3 aromatic rings. The molecule has 1 heterocycles. The van der Waals surface area contributed by atoms with Gasteiger partial charge in [-0.15, -0.1) is 0 Å². The van der Waals surface area contributed by atoms with Crippen molar-refractivity contribution in [1.82, 2.24) is 14.8 Å². The van der Waals surface area contributed by atoms with Crippen LogP contribution in [0.5, 0.6) is 5.75 Å². The van der Waals surface area contributed by atoms with Crippen LogP contribution in [-0.4, -0.2) is 33.0 Å². The van der Waals surface area contributed by atoms with Gasteiger partial charge >= 0.3 is 5.97 Å². The van der Waals surface area contributed by atoms with Gasteiger partial charge in [-0.2, -0.15) is 5.10 Å². The number of nitrogens with zero attached hydrogens (tertiary/aromatic N) is 3. The van der Waals surface area contributed by atoms with E-state index in [4.69, 9.17) is 4.74 Å². The molecule has 0 saturated heterocycles. The van der Waals surface area contributed by atoms with Gasteiger partial charge in [-0.25, -0.2) is 4.98 Å². The zero-order valence-corrected chi connectivity index (χ0v) is 13.9. The van der Waals surface area contributed by atoms with Crippen LogP contribution in [-0.2, 0) is 23.2 Å². The van der Waals surface area contributed by atoms with Crippen molar-refractivity contribution in [2.24, 2.45) is 0 Å². The first-order valence-corrected chi connectivity index (χ1v) is 7.89. The van der Waals surface area contributed by atoms with Gasteiger partial charge in [0.1, 0.15) is 23.8 Å². The first kappa shape index (κ1) is 16.7. The number of para-hydroxylation sites is 1. The molecule has 1 atom stereocenters. The Morgan fingerprint density at radius 3 is 2.52 bits per heavy atom. The standard InChI is InChI=1S/C19H19N3O3/c1-25-17-10-6-5-9-16(17)19(18(23)24,12-22-14-20-13-21-22)11-15-7-3-2-4-8-15/h2-10,13-14H,11-12H2,1H3,(H,23,24). The van der Waals surface area contributed by atoms with Crippen molar-refractivity contribution >= 4 is 5.97 Å². The van der Waals surface area contributed by atoms with Crippen LogP contribution in [0.3, 0.4) is 0 Å². The van der Waals surface area contributed by atoms with E-state index in [0.717, 1.165) is 5.56 Å². The molecule has 1 N–H and O–H groups in total. The van der Waals surface area contributed by atoms with Gasteiger partial charge in [-0.3, -0.25) is 9.48 Å². The molecule has 1 aromatic heterocycles. The maximum Gasteiger partial charge on any atom is 0.316 e. The molecule has 0 fully saturated rings. The second-order valence-electron chi connectivity index (χ2n) is 5.84. The smallest absolute Gasteiger partial charge is 0.316 e. The summed E-state index contributed by atoms with van der Waals surface area (Å²) in [6.07, 6.45) is 3.23. The first-order chi connectivity index (χ1) is 12.2. The van der Waals surface area contributed by atoms with E-state index in [1.54, 1.807) is 23.9 Å². The maximum absolute atomic E-state index is 12.5. The lowest BCUT2D eigenvalue weighted by Gasteiger charge is -2.31. The van der Waals surface area contributed by atoms with E-state index in [-0.39, 0.29) is 6.54 Å². The monoisotopic (exact) mass is 337 g/mol. The second-order valence-corrected chi connectivity index (χ2v) is 5.84. The van der Waals surface area contributed by atoms with E-state index in [1.165, 1.54) is 12.7 Å². The average molecular weight is 337 g/mol. The molecule has 0 saturated carbocycles. The van der Waals surface area contributed by atoms with Crippen molar-refractivity contribution < 1.29 is 14.6 Å². The minimum Gasteiger partial charge on any atom is -0.496 e. The molecule has 25 heavy (non-hydrogen) atoms. The minimum absolute atomic E-state index is 0.150. The van der Waals surface area contributed by atoms with Crippen LogP contribution in [0.25, 0.3) is 0 Å². The Hall–Kier alpha value is -3.15. The zero-order valence-electron chi connectivity index (χ0n) is 13.9. The SMILES string of the molecule is COc1ccccc1C(Cc1ccccc1)(Cn1cncn1)C(=O)O. The number of carboxylic acids is 1. The number of aromatic nitrogens is 3. The second kappa shape index (κ2) is 7.17. The Kier molecular flexibility index (Phi) is 4.79. The van der Waals surface area contributed by atoms with Crippen LogP contribution >= 0.6 is 0 Å². The number of carbonyl (C=O) groups is 1. The number of rotatable bonds is 7. The van der Waals surface area contributed by atoms with Crippen LogP contribution < -0.4 is 4.74 Å². The molecule has 0 spiro atoms. The summed E-state index contributed by atoms with van der Waals surface area (Å²) in [7, 11) is 1.55. The van der Waals surface area contributed by atoms with Gasteiger partial charge in [0.25, 0.3) is 0 Å². The van der Waals surface area contributed by atoms with Crippen LogP contribution in [0, 0.1) is 0 Å². The molecule has 0 bridgehead atoms. The van der Waals surface area contributed by atoms with E-state index < -0.39 is 11.4 Å². The number of methoxy groups -OCH3 is 1. The van der Waals surface area contributed by atoms with E-state index in [0.29, 0.717) is 17.7 Å². The molecule has 0 aliphatic carbocycles. The predicted molar refractivity (Wildman–Crippen MR) is 92.5 cm³/mol. The van der Waals surface area contributed by atoms with Crippen molar-refractivity contribution in [3.63, 3.8) is 0 Å². The fourth-order valence-electron chi connectivity index (χ4n) is 3.07. The lowest BCUT2D eigenvalue weighted by Crippen LogP contribution is -2.42. The molecule has 0 aliphatic heterocycles. The maximum atomic E-state index is 12.5. The van der Waals surface area contributed by atoms with Gasteiger partial charge in [-0.05, 0) is 18.1 Å². The van der Waals surface area contributed by atoms with Crippen molar-refractivity contribution in [2.45, 2.75) is 18.4 Å². The molecule has 1 unspecified atom stereocenters. The summed E-state index contributed by atoms with van der Waals surface area (Å²) in [5, 5.41) is 14.3. The lowest BCUT2D eigenvalue weighted by atomic mass is 9.75. The summed E-state index contributed by atoms with van der Waals surface area (Å²) in [6.45, 7) is 0.150. The van der Waals surface area contributed by atoms with Gasteiger partial charge in [-0.1, -0.05) is 48.5 Å². The van der Waals surface area contributed by atoms with Crippen molar-refractivity contribution in [2.75, 3.05) is 7.11 Å². The molecule has 0 amide bonds. The number of carboxylic acid groups (broad SMARTS) is 1. The molecule has 0 aliphatic rings. The van der Waals surface area contributed by atoms with E-state index >= 15 is 0 Å². The highest BCUT2D eigenvalue weighted by Gasteiger charge is 2.43. The highest BCUT2D eigenvalue weighted by molar-refractivity contribution is 5.83. The zero-order chi connectivity index (χ0) is 17.7. The number of aliphatic carboxylic acids is 1. The molecule has 0 radical (unpaired) electrons. The van der Waals surface area contributed by atoms with Gasteiger partial charge < -0.3 is 9.84 Å². The normalized spacial score (nSPS) is 13.2. The van der Waals surface area contributed by atoms with E-state index in [9.17, 15) is 9.90 Å². The van der Waals surface area contributed by atoms with Gasteiger partial charge in [0.15, 0.2) is 0 Å². The molecule has 3 rings (SSSR count). The highest BCUT2D eigenvalue weighted by Crippen LogP contribution is 2.37. The number of ether oxygens (including phenoxy) is 1. The summed E-state index contributed by atoms with van der Waals surface area (Å²) < 4.78 is 6.99. The summed E-state index contributed by atoms with van der Waals surface area (Å²) in [4.78, 5) is 16.4. The van der Waals surface area contributed by atoms with Gasteiger partial charge in [0.2, 0.25) is 0 Å². The third kappa shape index (κ3) is 3.38. The Bertz CT molecular complexity index is 834. The fraction of sp³-hybridized carbons (Fsp3) is 0.211. The lowest BCUT2D eigenvalue weighted by molar-refractivity contribution is -0.144. The summed E-state index contributed by atoms with van der Waals surface area (Å²) >= 11 is 0. The summed E-state index contributed by atoms with van der Waals surface area (Å²) in [5.41, 5.74) is 0.307. The van der Waals surface area contributed by atoms with Crippen molar-refractivity contribution in [1.29, 1.82) is 0 Å². The van der Waals surface area contributed by atoms with Gasteiger partial charge in [0.05, 0.1) is 13.7 Å². The first-order valence-electron chi connectivity index (χ1n) is 7.89. The van der Waals surface area contributed by atoms with Crippen LogP contribution in [0.2, 0.25) is 0 Å². The van der Waals surface area contributed by atoms with Crippen LogP contribution in [0.1, 0.15) is 11.1 Å². The molecule has 2 aromatic carbocycles. The van der Waals surface area contributed by atoms with E-state index in [2.05, 4.69) is 10.1 Å². The third-order valence-electron chi connectivity index (χ3n) is 4.28.